The van der Waals surface area contributed by atoms with E-state index >= 15 is 0 Å². The summed E-state index contributed by atoms with van der Waals surface area (Å²) in [7, 11) is 0. The van der Waals surface area contributed by atoms with Gasteiger partial charge in [0.25, 0.3) is 0 Å². The number of benzene rings is 9. The van der Waals surface area contributed by atoms with Gasteiger partial charge in [-0.1, -0.05) is 141 Å². The van der Waals surface area contributed by atoms with E-state index in [1.54, 1.807) is 0 Å². The summed E-state index contributed by atoms with van der Waals surface area (Å²) in [6.07, 6.45) is 11.2. The zero-order valence-corrected chi connectivity index (χ0v) is 37.8. The van der Waals surface area contributed by atoms with Crippen LogP contribution in [0, 0.1) is 0 Å². The molecule has 2 atom stereocenters. The highest BCUT2D eigenvalue weighted by Crippen LogP contribution is 2.58. The summed E-state index contributed by atoms with van der Waals surface area (Å²) in [5, 5.41) is 10.3. The van der Waals surface area contributed by atoms with Crippen LogP contribution >= 0.6 is 23.1 Å². The summed E-state index contributed by atoms with van der Waals surface area (Å²) in [5.74, 6) is 0.368. The number of hydrogen-bond acceptors (Lipinski definition) is 4. The van der Waals surface area contributed by atoms with E-state index in [9.17, 15) is 0 Å². The molecule has 3 aliphatic rings. The van der Waals surface area contributed by atoms with E-state index in [0.717, 1.165) is 12.8 Å². The highest BCUT2D eigenvalue weighted by molar-refractivity contribution is 8.01. The van der Waals surface area contributed by atoms with Gasteiger partial charge in [-0.3, -0.25) is 0 Å². The molecule has 2 nitrogen and oxygen atoms in total. The quantitative estimate of drug-likeness (QED) is 0.164. The van der Waals surface area contributed by atoms with Crippen LogP contribution in [0.3, 0.4) is 0 Å². The minimum atomic E-state index is -0.0944. The van der Waals surface area contributed by atoms with Gasteiger partial charge in [0, 0.05) is 64.2 Å². The van der Waals surface area contributed by atoms with Crippen LogP contribution in [-0.2, 0) is 11.8 Å². The SMILES string of the molecule is CC1(C)CCc2c(N(c3ccc4ccccc4c3)c3ccc4c(c3)sc3ccccc34)ccc3ccc(N(c4ccc5c(c4)SC4(C)C=CC=CC54)c4ccc5ccccc5c4)c1c23. The van der Waals surface area contributed by atoms with E-state index in [2.05, 4.69) is 225 Å². The van der Waals surface area contributed by atoms with Gasteiger partial charge < -0.3 is 9.80 Å². The van der Waals surface area contributed by atoms with Gasteiger partial charge in [-0.2, -0.15) is 0 Å². The normalized spacial score (nSPS) is 18.3. The summed E-state index contributed by atoms with van der Waals surface area (Å²) in [6.45, 7) is 7.33. The van der Waals surface area contributed by atoms with Crippen molar-refractivity contribution in [2.75, 3.05) is 9.80 Å². The van der Waals surface area contributed by atoms with Crippen molar-refractivity contribution in [1.29, 1.82) is 0 Å². The van der Waals surface area contributed by atoms with Gasteiger partial charge in [0.15, 0.2) is 0 Å². The Bertz CT molecular complexity index is 3630. The van der Waals surface area contributed by atoms with Crippen LogP contribution < -0.4 is 9.80 Å². The molecule has 1 aromatic heterocycles. The molecule has 2 heterocycles. The summed E-state index contributed by atoms with van der Waals surface area (Å²) < 4.78 is 2.65. The molecule has 0 N–H and O–H groups in total. The Morgan fingerprint density at radius 2 is 1.11 bits per heavy atom. The van der Waals surface area contributed by atoms with Crippen molar-refractivity contribution >= 4 is 110 Å². The molecule has 0 saturated carbocycles. The molecule has 13 rings (SSSR count). The second-order valence-corrected chi connectivity index (χ2v) is 21.4. The van der Waals surface area contributed by atoms with E-state index in [1.165, 1.54) is 108 Å². The fraction of sp³-hybridized carbons (Fsp3) is 0.133. The van der Waals surface area contributed by atoms with E-state index < -0.39 is 0 Å². The third-order valence-corrected chi connectivity index (χ3v) is 16.9. The lowest BCUT2D eigenvalue weighted by atomic mass is 9.70. The smallest absolute Gasteiger partial charge is 0.0505 e. The first kappa shape index (κ1) is 37.9. The molecule has 0 bridgehead atoms. The molecule has 2 aliphatic carbocycles. The van der Waals surface area contributed by atoms with E-state index in [0.29, 0.717) is 5.92 Å². The summed E-state index contributed by atoms with van der Waals surface area (Å²) in [4.78, 5) is 6.48. The van der Waals surface area contributed by atoms with Crippen LogP contribution in [0.15, 0.2) is 199 Å². The van der Waals surface area contributed by atoms with Gasteiger partial charge in [-0.15, -0.1) is 23.1 Å². The maximum Gasteiger partial charge on any atom is 0.0505 e. The van der Waals surface area contributed by atoms with Crippen molar-refractivity contribution in [2.24, 2.45) is 0 Å². The lowest BCUT2D eigenvalue weighted by Gasteiger charge is -2.40. The van der Waals surface area contributed by atoms with Crippen LogP contribution in [0.25, 0.3) is 52.5 Å². The van der Waals surface area contributed by atoms with Gasteiger partial charge in [0.05, 0.1) is 5.69 Å². The predicted molar refractivity (Wildman–Crippen MR) is 278 cm³/mol. The third kappa shape index (κ3) is 5.85. The molecular formula is C60H46N2S2. The van der Waals surface area contributed by atoms with E-state index in [-0.39, 0.29) is 10.2 Å². The molecular weight excluding hydrogens is 813 g/mol. The van der Waals surface area contributed by atoms with Gasteiger partial charge in [-0.25, -0.2) is 0 Å². The number of thioether (sulfide) groups is 1. The number of anilines is 6. The molecule has 0 fully saturated rings. The second-order valence-electron chi connectivity index (χ2n) is 18.7. The van der Waals surface area contributed by atoms with Gasteiger partial charge in [-0.05, 0) is 141 Å². The first-order valence-corrected chi connectivity index (χ1v) is 24.2. The summed E-state index contributed by atoms with van der Waals surface area (Å²) >= 11 is 3.89. The first-order chi connectivity index (χ1) is 31.3. The van der Waals surface area contributed by atoms with Crippen molar-refractivity contribution in [3.05, 3.63) is 211 Å². The minimum Gasteiger partial charge on any atom is -0.310 e. The monoisotopic (exact) mass is 858 g/mol. The molecule has 64 heavy (non-hydrogen) atoms. The summed E-state index contributed by atoms with van der Waals surface area (Å²) in [5.41, 5.74) is 11.4. The first-order valence-electron chi connectivity index (χ1n) is 22.6. The molecule has 0 amide bonds. The largest absolute Gasteiger partial charge is 0.310 e. The molecule has 2 unspecified atom stereocenters. The average Bonchev–Trinajstić information content (AvgIpc) is 3.84. The Hall–Kier alpha value is -6.59. The van der Waals surface area contributed by atoms with Crippen molar-refractivity contribution in [2.45, 2.75) is 54.6 Å². The van der Waals surface area contributed by atoms with Gasteiger partial charge in [0.1, 0.15) is 0 Å². The lowest BCUT2D eigenvalue weighted by Crippen LogP contribution is -2.27. The Balaban J connectivity index is 1.05. The van der Waals surface area contributed by atoms with Crippen LogP contribution in [0.4, 0.5) is 34.1 Å². The van der Waals surface area contributed by atoms with Crippen molar-refractivity contribution in [1.82, 2.24) is 0 Å². The topological polar surface area (TPSA) is 6.48 Å². The lowest BCUT2D eigenvalue weighted by molar-refractivity contribution is 0.475. The van der Waals surface area contributed by atoms with Crippen molar-refractivity contribution in [3.63, 3.8) is 0 Å². The highest BCUT2D eigenvalue weighted by Gasteiger charge is 2.42. The number of aryl methyl sites for hydroxylation is 1. The van der Waals surface area contributed by atoms with Crippen molar-refractivity contribution in [3.8, 4) is 0 Å². The van der Waals surface area contributed by atoms with Gasteiger partial charge >= 0.3 is 0 Å². The zero-order valence-electron chi connectivity index (χ0n) is 36.2. The minimum absolute atomic E-state index is 0.0180. The number of fused-ring (bicyclic) bond motifs is 8. The Kier molecular flexibility index (Phi) is 8.42. The predicted octanol–water partition coefficient (Wildman–Crippen LogP) is 17.8. The van der Waals surface area contributed by atoms with Crippen LogP contribution in [0.5, 0.6) is 0 Å². The molecule has 4 heteroatoms. The van der Waals surface area contributed by atoms with Crippen LogP contribution in [-0.4, -0.2) is 4.75 Å². The number of allylic oxidation sites excluding steroid dienone is 3. The van der Waals surface area contributed by atoms with Crippen molar-refractivity contribution < 1.29 is 0 Å². The zero-order chi connectivity index (χ0) is 42.7. The maximum atomic E-state index is 2.57. The summed E-state index contributed by atoms with van der Waals surface area (Å²) in [6, 6.07) is 64.2. The van der Waals surface area contributed by atoms with Gasteiger partial charge in [0.2, 0.25) is 0 Å². The molecule has 10 aromatic rings. The number of hydrogen-bond donors (Lipinski definition) is 0. The maximum absolute atomic E-state index is 2.57. The molecule has 0 spiro atoms. The molecule has 0 saturated heterocycles. The highest BCUT2D eigenvalue weighted by atomic mass is 32.2. The number of nitrogens with zero attached hydrogens (tertiary/aromatic N) is 2. The average molecular weight is 859 g/mol. The molecule has 0 radical (unpaired) electrons. The van der Waals surface area contributed by atoms with Crippen LogP contribution in [0.2, 0.25) is 0 Å². The fourth-order valence-electron chi connectivity index (χ4n) is 11.2. The number of thiophene rings is 1. The molecule has 9 aromatic carbocycles. The standard InChI is InChI=1S/C60H46N2S2/c1-59(2)33-31-50-52(61(43-23-19-38-12-4-6-14-41(38)34-43)45-25-27-48-47-16-8-9-18-54(47)63-55(48)36-45)29-21-40-22-30-53(58(59)57(40)50)62(44-24-20-39-13-5-7-15-42(39)35-44)46-26-28-49-51-17-10-11-32-60(51,3)64-56(49)37-46/h4-30,32,34-37,51H,31,33H2,1-3H3. The molecule has 1 aliphatic heterocycles. The number of rotatable bonds is 6. The van der Waals surface area contributed by atoms with E-state index in [1.807, 2.05) is 23.1 Å². The molecule has 308 valence electrons. The fourth-order valence-corrected chi connectivity index (χ4v) is 13.8. The van der Waals surface area contributed by atoms with Crippen LogP contribution in [0.1, 0.15) is 49.8 Å². The Labute approximate surface area is 382 Å². The Morgan fingerprint density at radius 1 is 0.516 bits per heavy atom. The van der Waals surface area contributed by atoms with E-state index in [4.69, 9.17) is 0 Å². The third-order valence-electron chi connectivity index (χ3n) is 14.4. The second kappa shape index (κ2) is 14.2. The Morgan fingerprint density at radius 3 is 1.88 bits per heavy atom.